The first-order valence-corrected chi connectivity index (χ1v) is 7.59. The molecule has 1 amide bonds. The summed E-state index contributed by atoms with van der Waals surface area (Å²) < 4.78 is 10.9. The van der Waals surface area contributed by atoms with Crippen LogP contribution in [-0.4, -0.2) is 40.8 Å². The van der Waals surface area contributed by atoms with Crippen LogP contribution in [0.5, 0.6) is 11.5 Å². The predicted molar refractivity (Wildman–Crippen MR) is 83.6 cm³/mol. The Morgan fingerprint density at radius 1 is 1.17 bits per heavy atom. The second kappa shape index (κ2) is 6.60. The molecule has 0 fully saturated rings. The van der Waals surface area contributed by atoms with Gasteiger partial charge >= 0.3 is 0 Å². The maximum absolute atomic E-state index is 12.2. The smallest absolute Gasteiger partial charge is 0.269 e. The molecule has 122 valence electrons. The molecule has 7 heteroatoms. The lowest BCUT2D eigenvalue weighted by Crippen LogP contribution is -2.40. The van der Waals surface area contributed by atoms with Crippen LogP contribution in [0.2, 0.25) is 0 Å². The molecule has 0 aliphatic carbocycles. The minimum absolute atomic E-state index is 0.0500. The molecule has 2 N–H and O–H groups in total. The maximum Gasteiger partial charge on any atom is 0.269 e. The minimum Gasteiger partial charge on any atom is -0.494 e. The van der Waals surface area contributed by atoms with Gasteiger partial charge in [0.05, 0.1) is 18.7 Å². The number of rotatable bonds is 5. The molecule has 2 aromatic rings. The molecule has 3 rings (SSSR count). The fraction of sp³-hybridized carbons (Fsp3) is 0.375. The maximum atomic E-state index is 12.2. The van der Waals surface area contributed by atoms with Gasteiger partial charge in [-0.25, -0.2) is 0 Å². The van der Waals surface area contributed by atoms with Crippen molar-refractivity contribution in [3.05, 3.63) is 45.9 Å². The zero-order chi connectivity index (χ0) is 16.2. The molecule has 0 atom stereocenters. The van der Waals surface area contributed by atoms with E-state index >= 15 is 0 Å². The topological polar surface area (TPSA) is 87.4 Å². The van der Waals surface area contributed by atoms with Crippen molar-refractivity contribution >= 4 is 5.91 Å². The fourth-order valence-electron chi connectivity index (χ4n) is 2.57. The molecule has 0 unspecified atom stereocenters. The average molecular weight is 317 g/mol. The zero-order valence-corrected chi connectivity index (χ0v) is 12.9. The highest BCUT2D eigenvalue weighted by Gasteiger charge is 2.24. The predicted octanol–water partition coefficient (Wildman–Crippen LogP) is 1.07. The number of carbonyl (C=O) groups excluding carboxylic acids is 1. The number of nitrogens with one attached hydrogen (secondary N) is 2. The van der Waals surface area contributed by atoms with Crippen LogP contribution in [-0.2, 0) is 17.8 Å². The molecule has 0 saturated heterocycles. The van der Waals surface area contributed by atoms with Crippen LogP contribution in [0.4, 0.5) is 0 Å². The molecule has 1 aliphatic heterocycles. The second-order valence-corrected chi connectivity index (χ2v) is 5.29. The van der Waals surface area contributed by atoms with Crippen LogP contribution in [0.3, 0.4) is 0 Å². The van der Waals surface area contributed by atoms with Gasteiger partial charge in [-0.2, -0.15) is 0 Å². The Hall–Kier alpha value is -2.70. The van der Waals surface area contributed by atoms with Crippen LogP contribution in [0, 0.1) is 0 Å². The van der Waals surface area contributed by atoms with Gasteiger partial charge in [-0.15, -0.1) is 0 Å². The monoisotopic (exact) mass is 317 g/mol. The van der Waals surface area contributed by atoms with Gasteiger partial charge in [0, 0.05) is 18.7 Å². The number of H-pyrrole nitrogens is 2. The third kappa shape index (κ3) is 3.39. The second-order valence-electron chi connectivity index (χ2n) is 5.29. The summed E-state index contributed by atoms with van der Waals surface area (Å²) in [7, 11) is 0. The van der Waals surface area contributed by atoms with Crippen molar-refractivity contribution in [3.8, 4) is 11.5 Å². The first-order chi connectivity index (χ1) is 11.2. The van der Waals surface area contributed by atoms with Crippen molar-refractivity contribution in [2.75, 3.05) is 19.8 Å². The molecule has 0 saturated carbocycles. The molecule has 0 radical (unpaired) electrons. The zero-order valence-electron chi connectivity index (χ0n) is 12.9. The number of hydrogen-bond acceptors (Lipinski definition) is 4. The molecule has 7 nitrogen and oxygen atoms in total. The van der Waals surface area contributed by atoms with E-state index < -0.39 is 0 Å². The molecule has 0 bridgehead atoms. The third-order valence-electron chi connectivity index (χ3n) is 3.80. The highest BCUT2D eigenvalue weighted by Crippen LogP contribution is 2.18. The average Bonchev–Trinajstić information content (AvgIpc) is 2.95. The number of aromatic nitrogens is 2. The van der Waals surface area contributed by atoms with E-state index in [1.54, 1.807) is 29.2 Å². The van der Waals surface area contributed by atoms with E-state index in [4.69, 9.17) is 9.47 Å². The number of benzene rings is 1. The van der Waals surface area contributed by atoms with E-state index in [1.807, 2.05) is 6.92 Å². The standard InChI is InChI=1S/C16H19N3O4/c1-2-22-11-3-5-12(6-4-11)23-10-15(20)19-8-7-14-13(9-19)16(21)18-17-14/h3-6H,2,7-10H2,1H3,(H2,17,18,21). The molecule has 2 heterocycles. The van der Waals surface area contributed by atoms with Gasteiger partial charge < -0.3 is 19.5 Å². The van der Waals surface area contributed by atoms with Crippen molar-refractivity contribution in [2.45, 2.75) is 19.9 Å². The van der Waals surface area contributed by atoms with E-state index in [2.05, 4.69) is 10.2 Å². The molecular weight excluding hydrogens is 298 g/mol. The van der Waals surface area contributed by atoms with E-state index in [1.165, 1.54) is 0 Å². The summed E-state index contributed by atoms with van der Waals surface area (Å²) in [6, 6.07) is 7.14. The fourth-order valence-corrected chi connectivity index (χ4v) is 2.57. The summed E-state index contributed by atoms with van der Waals surface area (Å²) in [6.07, 6.45) is 0.642. The Bertz CT molecular complexity index is 733. The van der Waals surface area contributed by atoms with E-state index in [0.717, 1.165) is 11.4 Å². The van der Waals surface area contributed by atoms with Crippen LogP contribution in [0.15, 0.2) is 29.1 Å². The molecule has 1 aliphatic rings. The normalized spacial score (nSPS) is 13.5. The van der Waals surface area contributed by atoms with E-state index in [-0.39, 0.29) is 18.1 Å². The van der Waals surface area contributed by atoms with Crippen molar-refractivity contribution in [1.29, 1.82) is 0 Å². The summed E-state index contributed by atoms with van der Waals surface area (Å²) in [5, 5.41) is 5.39. The summed E-state index contributed by atoms with van der Waals surface area (Å²) >= 11 is 0. The molecule has 1 aromatic carbocycles. The highest BCUT2D eigenvalue weighted by molar-refractivity contribution is 5.78. The largest absolute Gasteiger partial charge is 0.494 e. The van der Waals surface area contributed by atoms with Gasteiger partial charge in [-0.05, 0) is 31.2 Å². The van der Waals surface area contributed by atoms with Gasteiger partial charge in [0.25, 0.3) is 11.5 Å². The van der Waals surface area contributed by atoms with E-state index in [9.17, 15) is 9.59 Å². The number of nitrogens with zero attached hydrogens (tertiary/aromatic N) is 1. The van der Waals surface area contributed by atoms with E-state index in [0.29, 0.717) is 37.4 Å². The lowest BCUT2D eigenvalue weighted by Gasteiger charge is -2.26. The molecular formula is C16H19N3O4. The Morgan fingerprint density at radius 2 is 1.87 bits per heavy atom. The number of hydrogen-bond donors (Lipinski definition) is 2. The molecule has 23 heavy (non-hydrogen) atoms. The molecule has 1 aromatic heterocycles. The van der Waals surface area contributed by atoms with Gasteiger partial charge in [-0.3, -0.25) is 14.7 Å². The number of carbonyl (C=O) groups is 1. The van der Waals surface area contributed by atoms with Gasteiger partial charge in [0.2, 0.25) is 0 Å². The first kappa shape index (κ1) is 15.2. The summed E-state index contributed by atoms with van der Waals surface area (Å²) in [5.41, 5.74) is 1.35. The number of amides is 1. The Balaban J connectivity index is 1.55. The minimum atomic E-state index is -0.162. The van der Waals surface area contributed by atoms with Crippen molar-refractivity contribution in [3.63, 3.8) is 0 Å². The van der Waals surface area contributed by atoms with Crippen molar-refractivity contribution < 1.29 is 14.3 Å². The van der Waals surface area contributed by atoms with Crippen molar-refractivity contribution in [1.82, 2.24) is 15.1 Å². The highest BCUT2D eigenvalue weighted by atomic mass is 16.5. The first-order valence-electron chi connectivity index (χ1n) is 7.59. The SMILES string of the molecule is CCOc1ccc(OCC(=O)N2CCc3[nH][nH]c(=O)c3C2)cc1. The van der Waals surface area contributed by atoms with Gasteiger partial charge in [-0.1, -0.05) is 0 Å². The Labute approximate surface area is 133 Å². The quantitative estimate of drug-likeness (QED) is 0.863. The number of aromatic amines is 2. The molecule has 0 spiro atoms. The van der Waals surface area contributed by atoms with Crippen LogP contribution < -0.4 is 15.0 Å². The van der Waals surface area contributed by atoms with Crippen LogP contribution in [0.25, 0.3) is 0 Å². The van der Waals surface area contributed by atoms with Gasteiger partial charge in [0.15, 0.2) is 6.61 Å². The number of fused-ring (bicyclic) bond motifs is 1. The lowest BCUT2D eigenvalue weighted by molar-refractivity contribution is -0.134. The summed E-state index contributed by atoms with van der Waals surface area (Å²) in [4.78, 5) is 25.5. The van der Waals surface area contributed by atoms with Crippen LogP contribution in [0.1, 0.15) is 18.2 Å². The summed E-state index contributed by atoms with van der Waals surface area (Å²) in [5.74, 6) is 1.24. The lowest BCUT2D eigenvalue weighted by atomic mass is 10.1. The van der Waals surface area contributed by atoms with Gasteiger partial charge in [0.1, 0.15) is 11.5 Å². The number of ether oxygens (including phenoxy) is 2. The Morgan fingerprint density at radius 3 is 2.57 bits per heavy atom. The summed E-state index contributed by atoms with van der Waals surface area (Å²) in [6.45, 7) is 3.37. The third-order valence-corrected chi connectivity index (χ3v) is 3.80. The van der Waals surface area contributed by atoms with Crippen molar-refractivity contribution in [2.24, 2.45) is 0 Å². The Kier molecular flexibility index (Phi) is 4.36. The van der Waals surface area contributed by atoms with Crippen LogP contribution >= 0.6 is 0 Å².